The fraction of sp³-hybridized carbons (Fsp3) is 0.429. The van der Waals surface area contributed by atoms with Gasteiger partial charge in [0.25, 0.3) is 5.91 Å². The van der Waals surface area contributed by atoms with Crippen LogP contribution in [0.2, 0.25) is 0 Å². The molecule has 1 aromatic carbocycles. The number of carbonyl (C=O) groups excluding carboxylic acids is 2. The SMILES string of the molecule is COc1cc(CO)cc2c1OC(C)(C)C(=O)N2CC(N)=O. The third kappa shape index (κ3) is 2.64. The predicted molar refractivity (Wildman–Crippen MR) is 75.2 cm³/mol. The summed E-state index contributed by atoms with van der Waals surface area (Å²) in [7, 11) is 1.46. The Bertz CT molecular complexity index is 597. The second kappa shape index (κ2) is 5.25. The lowest BCUT2D eigenvalue weighted by atomic mass is 10.0. The van der Waals surface area contributed by atoms with E-state index in [0.717, 1.165) is 0 Å². The van der Waals surface area contributed by atoms with Crippen LogP contribution in [0.25, 0.3) is 0 Å². The Kier molecular flexibility index (Phi) is 3.78. The number of rotatable bonds is 4. The van der Waals surface area contributed by atoms with Crippen molar-refractivity contribution in [3.05, 3.63) is 17.7 Å². The number of amides is 2. The Hall–Kier alpha value is -2.28. The molecule has 7 nitrogen and oxygen atoms in total. The lowest BCUT2D eigenvalue weighted by molar-refractivity contribution is -0.134. The number of ether oxygens (including phenoxy) is 2. The van der Waals surface area contributed by atoms with Crippen LogP contribution in [0.4, 0.5) is 5.69 Å². The van der Waals surface area contributed by atoms with Crippen molar-refractivity contribution in [2.75, 3.05) is 18.6 Å². The van der Waals surface area contributed by atoms with Crippen LogP contribution in [0.5, 0.6) is 11.5 Å². The second-order valence-corrected chi connectivity index (χ2v) is 5.27. The van der Waals surface area contributed by atoms with Crippen molar-refractivity contribution in [1.29, 1.82) is 0 Å². The number of nitrogens with zero attached hydrogens (tertiary/aromatic N) is 1. The topological polar surface area (TPSA) is 102 Å². The van der Waals surface area contributed by atoms with E-state index in [9.17, 15) is 14.7 Å². The molecule has 0 atom stereocenters. The van der Waals surface area contributed by atoms with Gasteiger partial charge in [0.2, 0.25) is 5.91 Å². The number of benzene rings is 1. The van der Waals surface area contributed by atoms with Gasteiger partial charge in [0.15, 0.2) is 17.1 Å². The highest BCUT2D eigenvalue weighted by Crippen LogP contribution is 2.45. The van der Waals surface area contributed by atoms with Gasteiger partial charge in [-0.15, -0.1) is 0 Å². The van der Waals surface area contributed by atoms with Crippen LogP contribution >= 0.6 is 0 Å². The van der Waals surface area contributed by atoms with Crippen molar-refractivity contribution in [3.8, 4) is 11.5 Å². The van der Waals surface area contributed by atoms with Gasteiger partial charge in [-0.25, -0.2) is 0 Å². The smallest absolute Gasteiger partial charge is 0.271 e. The molecular formula is C14H18N2O5. The lowest BCUT2D eigenvalue weighted by Gasteiger charge is -2.39. The van der Waals surface area contributed by atoms with E-state index >= 15 is 0 Å². The Morgan fingerprint density at radius 2 is 2.14 bits per heavy atom. The second-order valence-electron chi connectivity index (χ2n) is 5.27. The van der Waals surface area contributed by atoms with Gasteiger partial charge < -0.3 is 20.3 Å². The highest BCUT2D eigenvalue weighted by Gasteiger charge is 2.42. The average Bonchev–Trinajstić information content (AvgIpc) is 2.42. The summed E-state index contributed by atoms with van der Waals surface area (Å²) in [6.07, 6.45) is 0. The van der Waals surface area contributed by atoms with E-state index in [2.05, 4.69) is 0 Å². The van der Waals surface area contributed by atoms with Crippen molar-refractivity contribution < 1.29 is 24.2 Å². The number of aliphatic hydroxyl groups excluding tert-OH is 1. The number of nitrogens with two attached hydrogens (primary N) is 1. The summed E-state index contributed by atoms with van der Waals surface area (Å²) in [6, 6.07) is 3.20. The monoisotopic (exact) mass is 294 g/mol. The van der Waals surface area contributed by atoms with Gasteiger partial charge in [-0.05, 0) is 31.5 Å². The molecule has 7 heteroatoms. The molecular weight excluding hydrogens is 276 g/mol. The van der Waals surface area contributed by atoms with Crippen LogP contribution in [-0.4, -0.2) is 36.2 Å². The van der Waals surface area contributed by atoms with Crippen molar-refractivity contribution in [2.45, 2.75) is 26.1 Å². The van der Waals surface area contributed by atoms with E-state index in [4.69, 9.17) is 15.2 Å². The molecule has 1 aromatic rings. The molecule has 0 saturated carbocycles. The predicted octanol–water partition coefficient (Wildman–Crippen LogP) is 0.177. The van der Waals surface area contributed by atoms with E-state index in [1.165, 1.54) is 12.0 Å². The van der Waals surface area contributed by atoms with Crippen molar-refractivity contribution in [2.24, 2.45) is 5.73 Å². The van der Waals surface area contributed by atoms with Crippen LogP contribution in [0.15, 0.2) is 12.1 Å². The quantitative estimate of drug-likeness (QED) is 0.824. The molecule has 1 aliphatic rings. The minimum Gasteiger partial charge on any atom is -0.493 e. The Morgan fingerprint density at radius 1 is 1.48 bits per heavy atom. The zero-order valence-electron chi connectivity index (χ0n) is 12.2. The molecule has 114 valence electrons. The number of anilines is 1. The highest BCUT2D eigenvalue weighted by molar-refractivity contribution is 6.06. The van der Waals surface area contributed by atoms with Crippen molar-refractivity contribution >= 4 is 17.5 Å². The number of hydrogen-bond acceptors (Lipinski definition) is 5. The summed E-state index contributed by atoms with van der Waals surface area (Å²) >= 11 is 0. The van der Waals surface area contributed by atoms with E-state index in [0.29, 0.717) is 22.7 Å². The largest absolute Gasteiger partial charge is 0.493 e. The zero-order valence-corrected chi connectivity index (χ0v) is 12.2. The van der Waals surface area contributed by atoms with Crippen molar-refractivity contribution in [3.63, 3.8) is 0 Å². The van der Waals surface area contributed by atoms with Gasteiger partial charge in [-0.3, -0.25) is 14.5 Å². The maximum absolute atomic E-state index is 12.4. The molecule has 0 spiro atoms. The first-order chi connectivity index (χ1) is 9.80. The fourth-order valence-electron chi connectivity index (χ4n) is 2.24. The summed E-state index contributed by atoms with van der Waals surface area (Å²) in [5.41, 5.74) is 4.98. The third-order valence-corrected chi connectivity index (χ3v) is 3.22. The van der Waals surface area contributed by atoms with Gasteiger partial charge in [0, 0.05) is 0 Å². The number of carbonyl (C=O) groups is 2. The van der Waals surface area contributed by atoms with Crippen LogP contribution in [0.3, 0.4) is 0 Å². The number of primary amides is 1. The Labute approximate surface area is 122 Å². The van der Waals surface area contributed by atoms with E-state index in [1.54, 1.807) is 26.0 Å². The van der Waals surface area contributed by atoms with Crippen molar-refractivity contribution in [1.82, 2.24) is 0 Å². The maximum Gasteiger partial charge on any atom is 0.271 e. The normalized spacial score (nSPS) is 16.2. The Morgan fingerprint density at radius 3 is 2.67 bits per heavy atom. The number of methoxy groups -OCH3 is 1. The molecule has 0 aliphatic carbocycles. The molecule has 2 rings (SSSR count). The van der Waals surface area contributed by atoms with Gasteiger partial charge in [0.05, 0.1) is 19.4 Å². The first-order valence-corrected chi connectivity index (χ1v) is 6.41. The summed E-state index contributed by atoms with van der Waals surface area (Å²) in [4.78, 5) is 24.9. The van der Waals surface area contributed by atoms with E-state index in [-0.39, 0.29) is 19.1 Å². The molecule has 0 aromatic heterocycles. The van der Waals surface area contributed by atoms with Gasteiger partial charge in [-0.2, -0.15) is 0 Å². The maximum atomic E-state index is 12.4. The summed E-state index contributed by atoms with van der Waals surface area (Å²) in [6.45, 7) is 2.71. The minimum atomic E-state index is -1.14. The molecule has 1 heterocycles. The minimum absolute atomic E-state index is 0.231. The van der Waals surface area contributed by atoms with Crippen LogP contribution < -0.4 is 20.1 Å². The number of aliphatic hydroxyl groups is 1. The Balaban J connectivity index is 2.64. The summed E-state index contributed by atoms with van der Waals surface area (Å²) in [5.74, 6) is -0.293. The molecule has 2 amide bonds. The fourth-order valence-corrected chi connectivity index (χ4v) is 2.24. The standard InChI is InChI=1S/C14H18N2O5/c1-14(2)13(19)16(6-11(15)18)9-4-8(7-17)5-10(20-3)12(9)21-14/h4-5,17H,6-7H2,1-3H3,(H2,15,18). The molecule has 0 radical (unpaired) electrons. The zero-order chi connectivity index (χ0) is 15.8. The first kappa shape index (κ1) is 15.1. The van der Waals surface area contributed by atoms with E-state index in [1.807, 2.05) is 0 Å². The van der Waals surface area contributed by atoms with Crippen LogP contribution in [0, 0.1) is 0 Å². The third-order valence-electron chi connectivity index (χ3n) is 3.22. The summed E-state index contributed by atoms with van der Waals surface area (Å²) in [5, 5.41) is 9.30. The van der Waals surface area contributed by atoms with Gasteiger partial charge >= 0.3 is 0 Å². The molecule has 1 aliphatic heterocycles. The molecule has 3 N–H and O–H groups in total. The molecule has 0 saturated heterocycles. The molecule has 0 unspecified atom stereocenters. The number of fused-ring (bicyclic) bond motifs is 1. The van der Waals surface area contributed by atoms with Gasteiger partial charge in [0.1, 0.15) is 6.54 Å². The molecule has 21 heavy (non-hydrogen) atoms. The van der Waals surface area contributed by atoms with Crippen LogP contribution in [0.1, 0.15) is 19.4 Å². The molecule has 0 fully saturated rings. The number of hydrogen-bond donors (Lipinski definition) is 2. The van der Waals surface area contributed by atoms with E-state index < -0.39 is 11.5 Å². The molecule has 0 bridgehead atoms. The highest BCUT2D eigenvalue weighted by atomic mass is 16.5. The van der Waals surface area contributed by atoms with Crippen LogP contribution in [-0.2, 0) is 16.2 Å². The van der Waals surface area contributed by atoms with Gasteiger partial charge in [-0.1, -0.05) is 0 Å². The first-order valence-electron chi connectivity index (χ1n) is 6.41. The lowest BCUT2D eigenvalue weighted by Crippen LogP contribution is -2.54. The summed E-state index contributed by atoms with van der Waals surface area (Å²) < 4.78 is 11.0. The average molecular weight is 294 g/mol.